The van der Waals surface area contributed by atoms with Gasteiger partial charge in [0.1, 0.15) is 10.5 Å². The standard InChI is InChI=1S/C15H34O3Si.CH6OSi/c1-4-7-10-13-16-19(17-14-11-8-5-2)18-15-12-9-6-3;1-2-3/h19H,4-15H2,1-3H3;1,3H3. The lowest BCUT2D eigenvalue weighted by Crippen LogP contribution is -2.28. The van der Waals surface area contributed by atoms with Crippen LogP contribution in [0.4, 0.5) is 0 Å². The molecule has 0 spiro atoms. The third-order valence-electron chi connectivity index (χ3n) is 3.01. The zero-order valence-electron chi connectivity index (χ0n) is 15.7. The predicted octanol–water partition coefficient (Wildman–Crippen LogP) is 3.24. The largest absolute Gasteiger partial charge is 0.484 e. The summed E-state index contributed by atoms with van der Waals surface area (Å²) in [5.74, 6) is 0. The molecule has 0 atom stereocenters. The molecule has 0 bridgehead atoms. The summed E-state index contributed by atoms with van der Waals surface area (Å²) in [7, 11) is 0.694. The SMILES string of the molecule is CCCCCO[SiH](OCCCCC)OCCCCC.CO[SiH3]. The van der Waals surface area contributed by atoms with Crippen molar-refractivity contribution in [2.24, 2.45) is 0 Å². The molecule has 0 N–H and O–H groups in total. The van der Waals surface area contributed by atoms with Crippen molar-refractivity contribution in [1.29, 1.82) is 0 Å². The summed E-state index contributed by atoms with van der Waals surface area (Å²) in [5.41, 5.74) is 0. The summed E-state index contributed by atoms with van der Waals surface area (Å²) in [6.07, 6.45) is 10.7. The van der Waals surface area contributed by atoms with Crippen LogP contribution in [0.15, 0.2) is 0 Å². The molecular formula is C16H40O4Si2. The first kappa shape index (κ1) is 24.5. The Kier molecular flexibility index (Phi) is 26.2. The molecule has 4 nitrogen and oxygen atoms in total. The molecule has 0 aromatic rings. The highest BCUT2D eigenvalue weighted by Gasteiger charge is 2.14. The van der Waals surface area contributed by atoms with Crippen LogP contribution in [0.3, 0.4) is 0 Å². The quantitative estimate of drug-likeness (QED) is 0.335. The maximum atomic E-state index is 5.80. The smallest absolute Gasteiger partial charge is 0.431 e. The maximum absolute atomic E-state index is 5.80. The van der Waals surface area contributed by atoms with Crippen LogP contribution < -0.4 is 0 Å². The maximum Gasteiger partial charge on any atom is 0.484 e. The molecule has 0 unspecified atom stereocenters. The van der Waals surface area contributed by atoms with Crippen LogP contribution in [0.25, 0.3) is 0 Å². The molecule has 0 aromatic heterocycles. The van der Waals surface area contributed by atoms with E-state index in [9.17, 15) is 0 Å². The van der Waals surface area contributed by atoms with Gasteiger partial charge in [0.2, 0.25) is 0 Å². The molecule has 0 rings (SSSR count). The van der Waals surface area contributed by atoms with Gasteiger partial charge < -0.3 is 17.7 Å². The summed E-state index contributed by atoms with van der Waals surface area (Å²) in [6, 6.07) is 0. The van der Waals surface area contributed by atoms with Crippen LogP contribution in [-0.4, -0.2) is 46.9 Å². The first-order valence-electron chi connectivity index (χ1n) is 9.01. The Morgan fingerprint density at radius 1 is 0.636 bits per heavy atom. The predicted molar refractivity (Wildman–Crippen MR) is 101 cm³/mol. The van der Waals surface area contributed by atoms with E-state index < -0.39 is 9.53 Å². The third-order valence-corrected chi connectivity index (χ3v) is 4.53. The number of hydrogen-bond donors (Lipinski definition) is 0. The molecule has 0 aliphatic carbocycles. The Labute approximate surface area is 143 Å². The Bertz CT molecular complexity index is 157. The van der Waals surface area contributed by atoms with E-state index in [1.165, 1.54) is 38.5 Å². The first-order valence-corrected chi connectivity index (χ1v) is 11.2. The van der Waals surface area contributed by atoms with E-state index in [4.69, 9.17) is 13.3 Å². The van der Waals surface area contributed by atoms with Gasteiger partial charge in [-0.05, 0) is 19.3 Å². The summed E-state index contributed by atoms with van der Waals surface area (Å²) in [6.45, 7) is 9.01. The van der Waals surface area contributed by atoms with Crippen LogP contribution in [0, 0.1) is 0 Å². The Morgan fingerprint density at radius 3 is 1.14 bits per heavy atom. The second kappa shape index (κ2) is 23.5. The second-order valence-electron chi connectivity index (χ2n) is 5.43. The molecule has 0 saturated carbocycles. The van der Waals surface area contributed by atoms with Gasteiger partial charge in [-0.3, -0.25) is 0 Å². The average molecular weight is 353 g/mol. The molecule has 22 heavy (non-hydrogen) atoms. The van der Waals surface area contributed by atoms with Gasteiger partial charge >= 0.3 is 9.53 Å². The van der Waals surface area contributed by atoms with Crippen molar-refractivity contribution in [3.8, 4) is 0 Å². The van der Waals surface area contributed by atoms with E-state index in [1.54, 1.807) is 7.11 Å². The van der Waals surface area contributed by atoms with Gasteiger partial charge in [-0.1, -0.05) is 59.3 Å². The van der Waals surface area contributed by atoms with Crippen molar-refractivity contribution in [1.82, 2.24) is 0 Å². The summed E-state index contributed by atoms with van der Waals surface area (Å²) >= 11 is 0. The van der Waals surface area contributed by atoms with Gasteiger partial charge in [0.05, 0.1) is 0 Å². The molecule has 0 amide bonds. The van der Waals surface area contributed by atoms with Gasteiger partial charge in [0.25, 0.3) is 0 Å². The molecule has 136 valence electrons. The lowest BCUT2D eigenvalue weighted by Gasteiger charge is -2.16. The van der Waals surface area contributed by atoms with Gasteiger partial charge in [0.15, 0.2) is 0 Å². The van der Waals surface area contributed by atoms with Crippen molar-refractivity contribution in [3.05, 3.63) is 0 Å². The zero-order valence-corrected chi connectivity index (χ0v) is 18.9. The summed E-state index contributed by atoms with van der Waals surface area (Å²) in [4.78, 5) is 0. The molecular weight excluding hydrogens is 312 g/mol. The summed E-state index contributed by atoms with van der Waals surface area (Å²) in [5, 5.41) is 0. The first-order chi connectivity index (χ1) is 10.8. The molecule has 0 radical (unpaired) electrons. The third kappa shape index (κ3) is 22.6. The van der Waals surface area contributed by atoms with E-state index in [2.05, 4.69) is 25.2 Å². The molecule has 0 aliphatic heterocycles. The van der Waals surface area contributed by atoms with E-state index in [0.29, 0.717) is 0 Å². The topological polar surface area (TPSA) is 36.9 Å². The number of rotatable bonds is 15. The van der Waals surface area contributed by atoms with E-state index >= 15 is 0 Å². The van der Waals surface area contributed by atoms with Gasteiger partial charge in [0, 0.05) is 26.9 Å². The highest BCUT2D eigenvalue weighted by molar-refractivity contribution is 6.36. The van der Waals surface area contributed by atoms with Crippen LogP contribution in [0.5, 0.6) is 0 Å². The highest BCUT2D eigenvalue weighted by atomic mass is 28.3. The molecule has 0 saturated heterocycles. The second-order valence-corrected chi connectivity index (χ2v) is 7.82. The Hall–Kier alpha value is 0.274. The van der Waals surface area contributed by atoms with Crippen molar-refractivity contribution in [2.75, 3.05) is 26.9 Å². The van der Waals surface area contributed by atoms with Crippen LogP contribution in [-0.2, 0) is 17.7 Å². The van der Waals surface area contributed by atoms with Gasteiger partial charge in [-0.2, -0.15) is 0 Å². The van der Waals surface area contributed by atoms with Gasteiger partial charge in [-0.25, -0.2) is 0 Å². The van der Waals surface area contributed by atoms with E-state index in [1.807, 2.05) is 0 Å². The van der Waals surface area contributed by atoms with Crippen molar-refractivity contribution in [2.45, 2.75) is 78.6 Å². The minimum atomic E-state index is -1.86. The van der Waals surface area contributed by atoms with Crippen LogP contribution >= 0.6 is 0 Å². The molecule has 6 heteroatoms. The molecule has 0 fully saturated rings. The van der Waals surface area contributed by atoms with Crippen LogP contribution in [0.2, 0.25) is 0 Å². The van der Waals surface area contributed by atoms with Gasteiger partial charge in [-0.15, -0.1) is 0 Å². The van der Waals surface area contributed by atoms with Crippen molar-refractivity contribution < 1.29 is 17.7 Å². The monoisotopic (exact) mass is 352 g/mol. The lowest BCUT2D eigenvalue weighted by molar-refractivity contribution is 0.0889. The van der Waals surface area contributed by atoms with Crippen LogP contribution in [0.1, 0.15) is 78.6 Å². The molecule has 0 aromatic carbocycles. The fourth-order valence-electron chi connectivity index (χ4n) is 1.74. The van der Waals surface area contributed by atoms with Crippen molar-refractivity contribution >= 4 is 20.0 Å². The average Bonchev–Trinajstić information content (AvgIpc) is 2.52. The summed E-state index contributed by atoms with van der Waals surface area (Å²) < 4.78 is 21.8. The molecule has 0 heterocycles. The van der Waals surface area contributed by atoms with E-state index in [0.717, 1.165) is 49.6 Å². The number of hydrogen-bond acceptors (Lipinski definition) is 4. The minimum Gasteiger partial charge on any atom is -0.431 e. The Morgan fingerprint density at radius 2 is 0.909 bits per heavy atom. The fourth-order valence-corrected chi connectivity index (χ4v) is 3.11. The molecule has 0 aliphatic rings. The van der Waals surface area contributed by atoms with E-state index in [-0.39, 0.29) is 0 Å². The minimum absolute atomic E-state index is 0.798. The van der Waals surface area contributed by atoms with Crippen molar-refractivity contribution in [3.63, 3.8) is 0 Å². The Balaban J connectivity index is 0. The lowest BCUT2D eigenvalue weighted by atomic mass is 10.3. The normalized spacial score (nSPS) is 10.8. The highest BCUT2D eigenvalue weighted by Crippen LogP contribution is 2.03. The number of unbranched alkanes of at least 4 members (excludes halogenated alkanes) is 6. The zero-order chi connectivity index (χ0) is 16.9. The fraction of sp³-hybridized carbons (Fsp3) is 1.00.